The normalized spacial score (nSPS) is 11.1. The molecule has 23 heavy (non-hydrogen) atoms. The van der Waals surface area contributed by atoms with E-state index < -0.39 is 26.5 Å². The van der Waals surface area contributed by atoms with Crippen LogP contribution < -0.4 is 4.74 Å². The molecule has 0 amide bonds. The van der Waals surface area contributed by atoms with Crippen LogP contribution in [0, 0.1) is 5.82 Å². The van der Waals surface area contributed by atoms with E-state index in [1.165, 1.54) is 31.4 Å². The summed E-state index contributed by atoms with van der Waals surface area (Å²) in [7, 11) is -2.50. The summed E-state index contributed by atoms with van der Waals surface area (Å²) in [6, 6.07) is 6.94. The number of esters is 1. The summed E-state index contributed by atoms with van der Waals surface area (Å²) in [5, 5.41) is 9.58. The number of benzene rings is 2. The molecule has 122 valence electrons. The van der Waals surface area contributed by atoms with Gasteiger partial charge in [-0.05, 0) is 24.3 Å². The summed E-state index contributed by atoms with van der Waals surface area (Å²) >= 11 is 0. The molecule has 0 aliphatic rings. The maximum Gasteiger partial charge on any atom is 0.338 e. The topological polar surface area (TPSA) is 89.9 Å². The number of rotatable bonds is 4. The highest BCUT2D eigenvalue weighted by Gasteiger charge is 2.15. The largest absolute Gasteiger partial charge is 0.508 e. The number of phenols is 1. The van der Waals surface area contributed by atoms with Gasteiger partial charge >= 0.3 is 5.97 Å². The Balaban J connectivity index is 2.35. The SMILES string of the molecule is COC(=O)c1cc(O)cc(Oc2ccc(S(C)(=O)=O)c(F)c2)c1. The van der Waals surface area contributed by atoms with Gasteiger partial charge in [0.25, 0.3) is 0 Å². The van der Waals surface area contributed by atoms with Crippen molar-refractivity contribution in [1.29, 1.82) is 0 Å². The molecule has 0 saturated heterocycles. The third kappa shape index (κ3) is 3.98. The van der Waals surface area contributed by atoms with Gasteiger partial charge in [0.1, 0.15) is 28.0 Å². The van der Waals surface area contributed by atoms with Gasteiger partial charge in [0, 0.05) is 18.4 Å². The van der Waals surface area contributed by atoms with Crippen LogP contribution in [0.3, 0.4) is 0 Å². The lowest BCUT2D eigenvalue weighted by molar-refractivity contribution is 0.0600. The average Bonchev–Trinajstić information content (AvgIpc) is 2.44. The minimum Gasteiger partial charge on any atom is -0.508 e. The minimum absolute atomic E-state index is 0.0105. The molecule has 0 saturated carbocycles. The van der Waals surface area contributed by atoms with Gasteiger partial charge in [0.15, 0.2) is 9.84 Å². The van der Waals surface area contributed by atoms with Gasteiger partial charge in [-0.1, -0.05) is 0 Å². The van der Waals surface area contributed by atoms with Crippen molar-refractivity contribution in [2.24, 2.45) is 0 Å². The van der Waals surface area contributed by atoms with E-state index in [9.17, 15) is 22.7 Å². The van der Waals surface area contributed by atoms with Crippen molar-refractivity contribution in [1.82, 2.24) is 0 Å². The van der Waals surface area contributed by atoms with Crippen molar-refractivity contribution in [3.63, 3.8) is 0 Å². The second-order valence-electron chi connectivity index (χ2n) is 4.67. The van der Waals surface area contributed by atoms with Crippen LogP contribution in [-0.4, -0.2) is 32.9 Å². The van der Waals surface area contributed by atoms with Crippen LogP contribution in [0.25, 0.3) is 0 Å². The molecule has 0 fully saturated rings. The number of hydrogen-bond donors (Lipinski definition) is 1. The van der Waals surface area contributed by atoms with Gasteiger partial charge in [0.05, 0.1) is 12.7 Å². The number of methoxy groups -OCH3 is 1. The van der Waals surface area contributed by atoms with Crippen LogP contribution in [0.15, 0.2) is 41.3 Å². The number of halogens is 1. The van der Waals surface area contributed by atoms with E-state index in [1.807, 2.05) is 0 Å². The lowest BCUT2D eigenvalue weighted by atomic mass is 10.2. The van der Waals surface area contributed by atoms with Gasteiger partial charge < -0.3 is 14.6 Å². The van der Waals surface area contributed by atoms with Crippen LogP contribution >= 0.6 is 0 Å². The maximum atomic E-state index is 13.8. The Labute approximate surface area is 132 Å². The molecule has 0 unspecified atom stereocenters. The van der Waals surface area contributed by atoms with Gasteiger partial charge in [-0.2, -0.15) is 0 Å². The first-order chi connectivity index (χ1) is 10.7. The zero-order valence-electron chi connectivity index (χ0n) is 12.2. The number of sulfone groups is 1. The molecule has 6 nitrogen and oxygen atoms in total. The van der Waals surface area contributed by atoms with Gasteiger partial charge in [-0.25, -0.2) is 17.6 Å². The minimum atomic E-state index is -3.68. The van der Waals surface area contributed by atoms with Crippen molar-refractivity contribution >= 4 is 15.8 Å². The Bertz CT molecular complexity index is 860. The summed E-state index contributed by atoms with van der Waals surface area (Å²) < 4.78 is 46.4. The summed E-state index contributed by atoms with van der Waals surface area (Å²) in [6.45, 7) is 0. The van der Waals surface area contributed by atoms with E-state index in [1.54, 1.807) is 0 Å². The lowest BCUT2D eigenvalue weighted by Gasteiger charge is -2.09. The van der Waals surface area contributed by atoms with E-state index in [4.69, 9.17) is 4.74 Å². The molecule has 1 N–H and O–H groups in total. The Hall–Kier alpha value is -2.61. The molecule has 0 spiro atoms. The molecule has 2 aromatic carbocycles. The number of carbonyl (C=O) groups is 1. The molecule has 0 atom stereocenters. The quantitative estimate of drug-likeness (QED) is 0.860. The van der Waals surface area contributed by atoms with Crippen LogP contribution in [-0.2, 0) is 14.6 Å². The smallest absolute Gasteiger partial charge is 0.338 e. The van der Waals surface area contributed by atoms with E-state index in [0.717, 1.165) is 18.4 Å². The van der Waals surface area contributed by atoms with Crippen LogP contribution in [0.1, 0.15) is 10.4 Å². The van der Waals surface area contributed by atoms with E-state index in [-0.39, 0.29) is 22.8 Å². The number of ether oxygens (including phenoxy) is 2. The first-order valence-corrected chi connectivity index (χ1v) is 8.19. The molecule has 0 aromatic heterocycles. The Morgan fingerprint density at radius 1 is 1.13 bits per heavy atom. The van der Waals surface area contributed by atoms with E-state index >= 15 is 0 Å². The predicted molar refractivity (Wildman–Crippen MR) is 79.0 cm³/mol. The highest BCUT2D eigenvalue weighted by atomic mass is 32.2. The fourth-order valence-corrected chi connectivity index (χ4v) is 2.59. The molecule has 0 aliphatic heterocycles. The Kier molecular flexibility index (Phi) is 4.55. The summed E-state index contributed by atoms with van der Waals surface area (Å²) in [5.41, 5.74) is 0.0516. The monoisotopic (exact) mass is 340 g/mol. The van der Waals surface area contributed by atoms with Crippen LogP contribution in [0.2, 0.25) is 0 Å². The second kappa shape index (κ2) is 6.25. The zero-order chi connectivity index (χ0) is 17.2. The molecule has 0 aliphatic carbocycles. The summed E-state index contributed by atoms with van der Waals surface area (Å²) in [6.07, 6.45) is 0.893. The average molecular weight is 340 g/mol. The van der Waals surface area contributed by atoms with E-state index in [2.05, 4.69) is 4.74 Å². The first kappa shape index (κ1) is 16.8. The van der Waals surface area contributed by atoms with Crippen molar-refractivity contribution < 1.29 is 32.2 Å². The summed E-state index contributed by atoms with van der Waals surface area (Å²) in [5.74, 6) is -1.80. The molecule has 0 heterocycles. The predicted octanol–water partition coefficient (Wildman–Crippen LogP) is 2.51. The third-order valence-corrected chi connectivity index (χ3v) is 3.98. The van der Waals surface area contributed by atoms with Gasteiger partial charge in [-0.15, -0.1) is 0 Å². The highest BCUT2D eigenvalue weighted by molar-refractivity contribution is 7.90. The molecule has 8 heteroatoms. The molecule has 0 radical (unpaired) electrons. The van der Waals surface area contributed by atoms with Gasteiger partial charge in [0.2, 0.25) is 0 Å². The highest BCUT2D eigenvalue weighted by Crippen LogP contribution is 2.29. The molecular formula is C15H13FO6S. The number of phenolic OH excluding ortho intramolecular Hbond substituents is 1. The van der Waals surface area contributed by atoms with Crippen LogP contribution in [0.5, 0.6) is 17.2 Å². The first-order valence-electron chi connectivity index (χ1n) is 6.30. The molecular weight excluding hydrogens is 327 g/mol. The van der Waals surface area contributed by atoms with E-state index in [0.29, 0.717) is 0 Å². The summed E-state index contributed by atoms with van der Waals surface area (Å²) in [4.78, 5) is 11.0. The van der Waals surface area contributed by atoms with Crippen molar-refractivity contribution in [2.45, 2.75) is 4.90 Å². The fraction of sp³-hybridized carbons (Fsp3) is 0.133. The lowest BCUT2D eigenvalue weighted by Crippen LogP contribution is -2.02. The molecule has 2 aromatic rings. The standard InChI is InChI=1S/C15H13FO6S/c1-21-15(18)9-5-10(17)7-12(6-9)22-11-3-4-14(13(16)8-11)23(2,19)20/h3-8,17H,1-2H3. The van der Waals surface area contributed by atoms with Crippen molar-refractivity contribution in [3.8, 4) is 17.2 Å². The van der Waals surface area contributed by atoms with Crippen molar-refractivity contribution in [2.75, 3.05) is 13.4 Å². The maximum absolute atomic E-state index is 13.8. The Morgan fingerprint density at radius 2 is 1.83 bits per heavy atom. The van der Waals surface area contributed by atoms with Crippen molar-refractivity contribution in [3.05, 3.63) is 47.8 Å². The molecule has 0 bridgehead atoms. The third-order valence-electron chi connectivity index (χ3n) is 2.85. The number of carbonyl (C=O) groups excluding carboxylic acids is 1. The number of hydrogen-bond acceptors (Lipinski definition) is 6. The van der Waals surface area contributed by atoms with Crippen LogP contribution in [0.4, 0.5) is 4.39 Å². The Morgan fingerprint density at radius 3 is 2.39 bits per heavy atom. The molecule has 2 rings (SSSR count). The second-order valence-corrected chi connectivity index (χ2v) is 6.66. The fourth-order valence-electron chi connectivity index (χ4n) is 1.86. The number of aromatic hydroxyl groups is 1. The zero-order valence-corrected chi connectivity index (χ0v) is 13.1. The van der Waals surface area contributed by atoms with Gasteiger partial charge in [-0.3, -0.25) is 0 Å².